The Balaban J connectivity index is 1.60. The van der Waals surface area contributed by atoms with E-state index in [1.807, 2.05) is 6.07 Å². The zero-order valence-corrected chi connectivity index (χ0v) is 15.3. The maximum Gasteiger partial charge on any atom is 0.251 e. The molecule has 138 valence electrons. The van der Waals surface area contributed by atoms with Crippen molar-refractivity contribution in [1.29, 1.82) is 0 Å². The van der Waals surface area contributed by atoms with Crippen molar-refractivity contribution >= 4 is 15.9 Å². The molecule has 26 heavy (non-hydrogen) atoms. The summed E-state index contributed by atoms with van der Waals surface area (Å²) in [7, 11) is -3.55. The molecule has 1 amide bonds. The fraction of sp³-hybridized carbons (Fsp3) is 0.368. The van der Waals surface area contributed by atoms with Gasteiger partial charge in [-0.25, -0.2) is 13.1 Å². The number of benzene rings is 1. The minimum Gasteiger partial charge on any atom is -0.348 e. The molecule has 0 atom stereocenters. The van der Waals surface area contributed by atoms with Crippen LogP contribution in [0.1, 0.15) is 48.0 Å². The Bertz CT molecular complexity index is 830. The van der Waals surface area contributed by atoms with Crippen molar-refractivity contribution in [3.8, 4) is 0 Å². The molecule has 0 unspecified atom stereocenters. The molecular formula is C19H23N3O3S. The summed E-state index contributed by atoms with van der Waals surface area (Å²) < 4.78 is 27.7. The van der Waals surface area contributed by atoms with Crippen LogP contribution in [0.2, 0.25) is 0 Å². The smallest absolute Gasteiger partial charge is 0.251 e. The second-order valence-corrected chi connectivity index (χ2v) is 8.24. The Kier molecular flexibility index (Phi) is 6.00. The molecule has 0 bridgehead atoms. The van der Waals surface area contributed by atoms with E-state index in [1.165, 1.54) is 30.7 Å². The minimum absolute atomic E-state index is 0.0104. The van der Waals surface area contributed by atoms with Crippen molar-refractivity contribution in [3.05, 3.63) is 59.9 Å². The standard InChI is InChI=1S/C19H23N3O3S/c23-19(21-14-15-5-4-12-20-13-15)16-8-10-18(11-9-16)26(24,25)22-17-6-2-1-3-7-17/h4-5,8-13,17,22H,1-3,6-7,14H2,(H,21,23). The number of nitrogens with zero attached hydrogens (tertiary/aromatic N) is 1. The number of nitrogens with one attached hydrogen (secondary N) is 2. The van der Waals surface area contributed by atoms with E-state index in [9.17, 15) is 13.2 Å². The number of sulfonamides is 1. The SMILES string of the molecule is O=C(NCc1cccnc1)c1ccc(S(=O)(=O)NC2CCCCC2)cc1. The van der Waals surface area contributed by atoms with Gasteiger partial charge in [-0.15, -0.1) is 0 Å². The van der Waals surface area contributed by atoms with Crippen LogP contribution in [0.4, 0.5) is 0 Å². The van der Waals surface area contributed by atoms with Gasteiger partial charge in [0.1, 0.15) is 0 Å². The first kappa shape index (κ1) is 18.5. The molecule has 1 heterocycles. The Morgan fingerprint density at radius 1 is 1.08 bits per heavy atom. The number of amides is 1. The number of hydrogen-bond donors (Lipinski definition) is 2. The van der Waals surface area contributed by atoms with Crippen LogP contribution in [0, 0.1) is 0 Å². The summed E-state index contributed by atoms with van der Waals surface area (Å²) in [6.45, 7) is 0.371. The average molecular weight is 373 g/mol. The summed E-state index contributed by atoms with van der Waals surface area (Å²) in [6.07, 6.45) is 8.41. The van der Waals surface area contributed by atoms with Crippen LogP contribution < -0.4 is 10.0 Å². The minimum atomic E-state index is -3.55. The summed E-state index contributed by atoms with van der Waals surface area (Å²) in [6, 6.07) is 9.72. The highest BCUT2D eigenvalue weighted by Crippen LogP contribution is 2.20. The Hall–Kier alpha value is -2.25. The van der Waals surface area contributed by atoms with Crippen molar-refractivity contribution in [3.63, 3.8) is 0 Å². The van der Waals surface area contributed by atoms with Crippen LogP contribution in [0.25, 0.3) is 0 Å². The van der Waals surface area contributed by atoms with Gasteiger partial charge in [0.15, 0.2) is 0 Å². The van der Waals surface area contributed by atoms with E-state index in [1.54, 1.807) is 18.5 Å². The maximum absolute atomic E-state index is 12.5. The molecule has 1 aromatic heterocycles. The van der Waals surface area contributed by atoms with Crippen molar-refractivity contribution in [2.75, 3.05) is 0 Å². The molecule has 0 aliphatic heterocycles. The fourth-order valence-electron chi connectivity index (χ4n) is 3.08. The van der Waals surface area contributed by atoms with Gasteiger partial charge in [-0.3, -0.25) is 9.78 Å². The molecular weight excluding hydrogens is 350 g/mol. The van der Waals surface area contributed by atoms with Gasteiger partial charge >= 0.3 is 0 Å². The summed E-state index contributed by atoms with van der Waals surface area (Å²) in [5.74, 6) is -0.252. The van der Waals surface area contributed by atoms with Crippen molar-refractivity contribution in [2.45, 2.75) is 49.6 Å². The van der Waals surface area contributed by atoms with Crippen LogP contribution in [0.15, 0.2) is 53.7 Å². The zero-order chi connectivity index (χ0) is 18.4. The number of aromatic nitrogens is 1. The average Bonchev–Trinajstić information content (AvgIpc) is 2.67. The number of pyridine rings is 1. The highest BCUT2D eigenvalue weighted by Gasteiger charge is 2.22. The van der Waals surface area contributed by atoms with Gasteiger partial charge < -0.3 is 5.32 Å². The molecule has 0 saturated heterocycles. The van der Waals surface area contributed by atoms with E-state index in [-0.39, 0.29) is 16.8 Å². The second kappa shape index (κ2) is 8.42. The summed E-state index contributed by atoms with van der Waals surface area (Å²) in [4.78, 5) is 16.4. The normalized spacial score (nSPS) is 15.5. The van der Waals surface area contributed by atoms with E-state index < -0.39 is 10.0 Å². The first-order valence-electron chi connectivity index (χ1n) is 8.84. The number of carbonyl (C=O) groups excluding carboxylic acids is 1. The third-order valence-corrected chi connectivity index (χ3v) is 6.07. The van der Waals surface area contributed by atoms with Crippen molar-refractivity contribution in [1.82, 2.24) is 15.0 Å². The lowest BCUT2D eigenvalue weighted by atomic mass is 9.96. The molecule has 1 aromatic carbocycles. The third-order valence-electron chi connectivity index (χ3n) is 4.53. The summed E-state index contributed by atoms with van der Waals surface area (Å²) in [5.41, 5.74) is 1.32. The Morgan fingerprint density at radius 3 is 2.46 bits per heavy atom. The second-order valence-electron chi connectivity index (χ2n) is 6.52. The van der Waals surface area contributed by atoms with Crippen LogP contribution in [0.3, 0.4) is 0 Å². The van der Waals surface area contributed by atoms with Crippen LogP contribution in [-0.2, 0) is 16.6 Å². The monoisotopic (exact) mass is 373 g/mol. The predicted octanol–water partition coefficient (Wildman–Crippen LogP) is 2.62. The number of hydrogen-bond acceptors (Lipinski definition) is 4. The van der Waals surface area contributed by atoms with E-state index in [0.29, 0.717) is 12.1 Å². The van der Waals surface area contributed by atoms with E-state index >= 15 is 0 Å². The third kappa shape index (κ3) is 4.89. The molecule has 7 heteroatoms. The zero-order valence-electron chi connectivity index (χ0n) is 14.5. The molecule has 6 nitrogen and oxygen atoms in total. The molecule has 2 N–H and O–H groups in total. The molecule has 1 aliphatic rings. The molecule has 3 rings (SSSR count). The van der Waals surface area contributed by atoms with Gasteiger partial charge in [0, 0.05) is 30.5 Å². The van der Waals surface area contributed by atoms with Crippen LogP contribution >= 0.6 is 0 Å². The quantitative estimate of drug-likeness (QED) is 0.815. The molecule has 0 radical (unpaired) electrons. The van der Waals surface area contributed by atoms with Gasteiger partial charge in [-0.05, 0) is 48.7 Å². The van der Waals surface area contributed by atoms with E-state index in [0.717, 1.165) is 31.2 Å². The first-order valence-corrected chi connectivity index (χ1v) is 10.3. The van der Waals surface area contributed by atoms with Gasteiger partial charge in [0.05, 0.1) is 4.90 Å². The van der Waals surface area contributed by atoms with Crippen LogP contribution in [-0.4, -0.2) is 25.4 Å². The fourth-order valence-corrected chi connectivity index (χ4v) is 4.39. The van der Waals surface area contributed by atoms with E-state index in [2.05, 4.69) is 15.0 Å². The highest BCUT2D eigenvalue weighted by atomic mass is 32.2. The van der Waals surface area contributed by atoms with Crippen molar-refractivity contribution < 1.29 is 13.2 Å². The number of carbonyl (C=O) groups is 1. The van der Waals surface area contributed by atoms with Gasteiger partial charge in [0.2, 0.25) is 10.0 Å². The van der Waals surface area contributed by atoms with Gasteiger partial charge in [-0.1, -0.05) is 25.3 Å². The van der Waals surface area contributed by atoms with Gasteiger partial charge in [-0.2, -0.15) is 0 Å². The molecule has 0 spiro atoms. The molecule has 1 saturated carbocycles. The summed E-state index contributed by atoms with van der Waals surface area (Å²) in [5, 5.41) is 2.80. The first-order chi connectivity index (χ1) is 12.5. The Labute approximate surface area is 154 Å². The topological polar surface area (TPSA) is 88.2 Å². The lowest BCUT2D eigenvalue weighted by Gasteiger charge is -2.22. The molecule has 1 aliphatic carbocycles. The largest absolute Gasteiger partial charge is 0.348 e. The summed E-state index contributed by atoms with van der Waals surface area (Å²) >= 11 is 0. The lowest BCUT2D eigenvalue weighted by Crippen LogP contribution is -2.36. The van der Waals surface area contributed by atoms with Crippen molar-refractivity contribution in [2.24, 2.45) is 0 Å². The van der Waals surface area contributed by atoms with Gasteiger partial charge in [0.25, 0.3) is 5.91 Å². The number of rotatable bonds is 6. The highest BCUT2D eigenvalue weighted by molar-refractivity contribution is 7.89. The van der Waals surface area contributed by atoms with E-state index in [4.69, 9.17) is 0 Å². The molecule has 1 fully saturated rings. The Morgan fingerprint density at radius 2 is 1.81 bits per heavy atom. The maximum atomic E-state index is 12.5. The molecule has 2 aromatic rings. The van der Waals surface area contributed by atoms with Crippen LogP contribution in [0.5, 0.6) is 0 Å². The lowest BCUT2D eigenvalue weighted by molar-refractivity contribution is 0.0951. The predicted molar refractivity (Wildman–Crippen MR) is 99.0 cm³/mol.